The van der Waals surface area contributed by atoms with E-state index in [4.69, 9.17) is 21.8 Å². The quantitative estimate of drug-likeness (QED) is 0.508. The van der Waals surface area contributed by atoms with Crippen molar-refractivity contribution < 1.29 is 8.81 Å². The van der Waals surface area contributed by atoms with Gasteiger partial charge in [0.1, 0.15) is 5.82 Å². The fraction of sp³-hybridized carbons (Fsp3) is 0.0625. The maximum absolute atomic E-state index is 14.1. The van der Waals surface area contributed by atoms with Gasteiger partial charge in [-0.3, -0.25) is 0 Å². The normalized spacial score (nSPS) is 11.6. The SMILES string of the molecule is Nc1nc2c(nnn2Cc2c(F)cccc2Cl)c2nc(-c3ccco3)nn12. The average molecular weight is 385 g/mol. The zero-order chi connectivity index (χ0) is 18.5. The van der Waals surface area contributed by atoms with Gasteiger partial charge in [-0.25, -0.2) is 14.1 Å². The highest BCUT2D eigenvalue weighted by atomic mass is 35.5. The van der Waals surface area contributed by atoms with Gasteiger partial charge < -0.3 is 10.2 Å². The van der Waals surface area contributed by atoms with Crippen LogP contribution in [0.15, 0.2) is 41.0 Å². The van der Waals surface area contributed by atoms with Gasteiger partial charge in [0.2, 0.25) is 11.8 Å². The molecule has 2 N–H and O–H groups in total. The summed E-state index contributed by atoms with van der Waals surface area (Å²) in [7, 11) is 0. The smallest absolute Gasteiger partial charge is 0.225 e. The van der Waals surface area contributed by atoms with E-state index in [1.807, 2.05) is 0 Å². The first-order valence-electron chi connectivity index (χ1n) is 7.84. The molecule has 0 aliphatic rings. The molecule has 9 nitrogen and oxygen atoms in total. The number of furan rings is 1. The number of benzene rings is 1. The highest BCUT2D eigenvalue weighted by Gasteiger charge is 2.19. The van der Waals surface area contributed by atoms with E-state index in [0.717, 1.165) is 0 Å². The molecule has 4 heterocycles. The van der Waals surface area contributed by atoms with Gasteiger partial charge in [0.15, 0.2) is 22.6 Å². The lowest BCUT2D eigenvalue weighted by atomic mass is 10.2. The Hall–Kier alpha value is -3.53. The number of hydrogen-bond donors (Lipinski definition) is 1. The summed E-state index contributed by atoms with van der Waals surface area (Å²) in [6.45, 7) is 0.0454. The molecule has 0 bridgehead atoms. The highest BCUT2D eigenvalue weighted by Crippen LogP contribution is 2.24. The second-order valence-corrected chi connectivity index (χ2v) is 6.14. The molecule has 0 spiro atoms. The summed E-state index contributed by atoms with van der Waals surface area (Å²) < 4.78 is 22.2. The van der Waals surface area contributed by atoms with Crippen LogP contribution in [0.2, 0.25) is 5.02 Å². The molecular formula is C16H10ClFN8O. The zero-order valence-electron chi connectivity index (χ0n) is 13.5. The van der Waals surface area contributed by atoms with E-state index in [2.05, 4.69) is 25.4 Å². The van der Waals surface area contributed by atoms with Crippen molar-refractivity contribution in [2.24, 2.45) is 0 Å². The Balaban J connectivity index is 1.68. The van der Waals surface area contributed by atoms with Crippen molar-refractivity contribution in [3.63, 3.8) is 0 Å². The van der Waals surface area contributed by atoms with E-state index >= 15 is 0 Å². The standard InChI is InChI=1S/C16H10ClFN8O/c17-9-3-1-4-10(18)8(9)7-25-14-12(22-24-25)15-20-13(11-5-2-6-27-11)23-26(15)16(19)21-14/h1-6H,7H2,(H2,19,21). The number of nitrogens with two attached hydrogens (primary N) is 1. The Morgan fingerprint density at radius 2 is 2.04 bits per heavy atom. The molecule has 0 atom stereocenters. The Bertz CT molecular complexity index is 1270. The number of hydrogen-bond acceptors (Lipinski definition) is 7. The van der Waals surface area contributed by atoms with Crippen LogP contribution in [-0.4, -0.2) is 34.6 Å². The first-order valence-corrected chi connectivity index (χ1v) is 8.22. The van der Waals surface area contributed by atoms with Crippen molar-refractivity contribution in [1.82, 2.24) is 34.6 Å². The monoisotopic (exact) mass is 384 g/mol. The molecule has 0 saturated heterocycles. The fourth-order valence-corrected chi connectivity index (χ4v) is 3.02. The Morgan fingerprint density at radius 3 is 2.81 bits per heavy atom. The van der Waals surface area contributed by atoms with Gasteiger partial charge in [-0.1, -0.05) is 22.9 Å². The molecule has 0 aliphatic carbocycles. The number of nitrogens with zero attached hydrogens (tertiary/aromatic N) is 7. The van der Waals surface area contributed by atoms with Crippen LogP contribution in [-0.2, 0) is 6.54 Å². The minimum absolute atomic E-state index is 0.0454. The maximum atomic E-state index is 14.1. The Kier molecular flexibility index (Phi) is 3.34. The first kappa shape index (κ1) is 15.7. The topological polar surface area (TPSA) is 113 Å². The van der Waals surface area contributed by atoms with Crippen molar-refractivity contribution in [3.05, 3.63) is 53.0 Å². The lowest BCUT2D eigenvalue weighted by Crippen LogP contribution is -2.08. The van der Waals surface area contributed by atoms with E-state index in [-0.39, 0.29) is 23.1 Å². The van der Waals surface area contributed by atoms with Gasteiger partial charge in [-0.2, -0.15) is 9.50 Å². The molecule has 0 fully saturated rings. The number of anilines is 1. The van der Waals surface area contributed by atoms with Crippen LogP contribution in [0.5, 0.6) is 0 Å². The van der Waals surface area contributed by atoms with Gasteiger partial charge in [-0.15, -0.1) is 10.2 Å². The van der Waals surface area contributed by atoms with Crippen LogP contribution < -0.4 is 5.73 Å². The van der Waals surface area contributed by atoms with E-state index in [0.29, 0.717) is 28.4 Å². The van der Waals surface area contributed by atoms with Gasteiger partial charge in [-0.05, 0) is 24.3 Å². The van der Waals surface area contributed by atoms with Crippen molar-refractivity contribution in [1.29, 1.82) is 0 Å². The van der Waals surface area contributed by atoms with Gasteiger partial charge >= 0.3 is 0 Å². The third kappa shape index (κ3) is 2.41. The van der Waals surface area contributed by atoms with Gasteiger partial charge in [0.05, 0.1) is 12.8 Å². The molecule has 1 aromatic carbocycles. The molecular weight excluding hydrogens is 375 g/mol. The summed E-state index contributed by atoms with van der Waals surface area (Å²) in [4.78, 5) is 8.72. The van der Waals surface area contributed by atoms with Crippen LogP contribution >= 0.6 is 11.6 Å². The van der Waals surface area contributed by atoms with Crippen LogP contribution in [0.4, 0.5) is 10.3 Å². The lowest BCUT2D eigenvalue weighted by Gasteiger charge is -2.06. The van der Waals surface area contributed by atoms with Gasteiger partial charge in [0.25, 0.3) is 0 Å². The molecule has 5 aromatic rings. The van der Waals surface area contributed by atoms with Crippen molar-refractivity contribution in [2.75, 3.05) is 5.73 Å². The predicted octanol–water partition coefficient (Wildman–Crippen LogP) is 2.55. The minimum atomic E-state index is -0.442. The van der Waals surface area contributed by atoms with Crippen molar-refractivity contribution in [3.8, 4) is 11.6 Å². The highest BCUT2D eigenvalue weighted by molar-refractivity contribution is 6.31. The average Bonchev–Trinajstić information content (AvgIpc) is 3.37. The number of nitrogen functional groups attached to an aromatic ring is 1. The molecule has 5 rings (SSSR count). The Morgan fingerprint density at radius 1 is 1.15 bits per heavy atom. The Labute approximate surface area is 155 Å². The van der Waals surface area contributed by atoms with Crippen LogP contribution in [0, 0.1) is 5.82 Å². The number of halogens is 2. The van der Waals surface area contributed by atoms with Crippen LogP contribution in [0.3, 0.4) is 0 Å². The molecule has 11 heteroatoms. The first-order chi connectivity index (χ1) is 13.1. The van der Waals surface area contributed by atoms with Crippen molar-refractivity contribution >= 4 is 34.4 Å². The maximum Gasteiger partial charge on any atom is 0.225 e. The fourth-order valence-electron chi connectivity index (χ4n) is 2.79. The second kappa shape index (κ2) is 5.74. The summed E-state index contributed by atoms with van der Waals surface area (Å²) in [6, 6.07) is 7.92. The molecule has 134 valence electrons. The number of rotatable bonds is 3. The van der Waals surface area contributed by atoms with E-state index in [9.17, 15) is 4.39 Å². The lowest BCUT2D eigenvalue weighted by molar-refractivity contribution is 0.577. The van der Waals surface area contributed by atoms with Gasteiger partial charge in [0, 0.05) is 10.6 Å². The third-order valence-corrected chi connectivity index (χ3v) is 4.43. The summed E-state index contributed by atoms with van der Waals surface area (Å²) in [5, 5.41) is 12.7. The molecule has 0 radical (unpaired) electrons. The second-order valence-electron chi connectivity index (χ2n) is 5.74. The summed E-state index contributed by atoms with van der Waals surface area (Å²) in [5.74, 6) is 0.471. The van der Waals surface area contributed by atoms with Crippen molar-refractivity contribution in [2.45, 2.75) is 6.54 Å². The number of aromatic nitrogens is 7. The van der Waals surface area contributed by atoms with Crippen LogP contribution in [0.1, 0.15) is 5.56 Å². The predicted molar refractivity (Wildman–Crippen MR) is 94.5 cm³/mol. The van der Waals surface area contributed by atoms with E-state index in [1.165, 1.54) is 27.6 Å². The molecule has 0 unspecified atom stereocenters. The van der Waals surface area contributed by atoms with E-state index < -0.39 is 5.82 Å². The summed E-state index contributed by atoms with van der Waals surface area (Å²) in [6.07, 6.45) is 1.52. The number of fused-ring (bicyclic) bond motifs is 3. The van der Waals surface area contributed by atoms with E-state index in [1.54, 1.807) is 18.2 Å². The molecule has 0 aliphatic heterocycles. The molecule has 4 aromatic heterocycles. The molecule has 27 heavy (non-hydrogen) atoms. The molecule has 0 saturated carbocycles. The third-order valence-electron chi connectivity index (χ3n) is 4.08. The van der Waals surface area contributed by atoms with Crippen LogP contribution in [0.25, 0.3) is 28.4 Å². The summed E-state index contributed by atoms with van der Waals surface area (Å²) in [5.41, 5.74) is 7.39. The minimum Gasteiger partial charge on any atom is -0.461 e. The summed E-state index contributed by atoms with van der Waals surface area (Å²) >= 11 is 6.10. The zero-order valence-corrected chi connectivity index (χ0v) is 14.3. The molecule has 0 amide bonds. The largest absolute Gasteiger partial charge is 0.461 e.